The zero-order chi connectivity index (χ0) is 16.7. The predicted molar refractivity (Wildman–Crippen MR) is 79.0 cm³/mol. The summed E-state index contributed by atoms with van der Waals surface area (Å²) >= 11 is 0. The standard InChI is InChI=1S/C15H21NO6/c1-3-21-13(18)8-12(17)14(19)10-7-9(5-6-11(10)16)15(20)22-4-2/h5-7,12,14,17,19H,3-4,8,16H2,1-2H3. The first kappa shape index (κ1) is 17.9. The number of carbonyl (C=O) groups excluding carboxylic acids is 2. The molecule has 0 saturated carbocycles. The average Bonchev–Trinajstić information content (AvgIpc) is 2.47. The van der Waals surface area contributed by atoms with E-state index in [0.29, 0.717) is 0 Å². The number of hydrogen-bond acceptors (Lipinski definition) is 7. The first-order valence-corrected chi connectivity index (χ1v) is 6.98. The quantitative estimate of drug-likeness (QED) is 0.503. The van der Waals surface area contributed by atoms with E-state index in [1.165, 1.54) is 18.2 Å². The summed E-state index contributed by atoms with van der Waals surface area (Å²) in [5.74, 6) is -1.19. The van der Waals surface area contributed by atoms with Crippen LogP contribution in [0.15, 0.2) is 18.2 Å². The molecule has 0 aliphatic carbocycles. The van der Waals surface area contributed by atoms with Gasteiger partial charge in [0, 0.05) is 11.3 Å². The molecular formula is C15H21NO6. The highest BCUT2D eigenvalue weighted by molar-refractivity contribution is 5.90. The predicted octanol–water partition coefficient (Wildman–Crippen LogP) is 0.793. The molecule has 0 spiro atoms. The van der Waals surface area contributed by atoms with Crippen LogP contribution in [0.25, 0.3) is 0 Å². The summed E-state index contributed by atoms with van der Waals surface area (Å²) in [6, 6.07) is 4.23. The normalized spacial score (nSPS) is 13.3. The number of rotatable bonds is 7. The number of nitrogen functional groups attached to an aromatic ring is 1. The molecule has 2 atom stereocenters. The summed E-state index contributed by atoms with van der Waals surface area (Å²) in [4.78, 5) is 23.0. The van der Waals surface area contributed by atoms with Gasteiger partial charge < -0.3 is 25.4 Å². The molecule has 0 amide bonds. The van der Waals surface area contributed by atoms with Gasteiger partial charge >= 0.3 is 11.9 Å². The van der Waals surface area contributed by atoms with Gasteiger partial charge in [0.05, 0.1) is 31.3 Å². The van der Waals surface area contributed by atoms with E-state index in [0.717, 1.165) is 0 Å². The minimum atomic E-state index is -1.42. The molecule has 7 nitrogen and oxygen atoms in total. The molecule has 7 heteroatoms. The van der Waals surface area contributed by atoms with Gasteiger partial charge in [-0.2, -0.15) is 0 Å². The van der Waals surface area contributed by atoms with Crippen LogP contribution in [-0.2, 0) is 14.3 Å². The van der Waals surface area contributed by atoms with Crippen LogP contribution < -0.4 is 5.73 Å². The molecule has 1 aromatic carbocycles. The lowest BCUT2D eigenvalue weighted by Gasteiger charge is -2.19. The fourth-order valence-corrected chi connectivity index (χ4v) is 1.88. The van der Waals surface area contributed by atoms with Crippen molar-refractivity contribution in [2.75, 3.05) is 18.9 Å². The molecule has 0 heterocycles. The maximum Gasteiger partial charge on any atom is 0.338 e. The Kier molecular flexibility index (Phi) is 6.81. The number of benzene rings is 1. The van der Waals surface area contributed by atoms with Gasteiger partial charge in [0.25, 0.3) is 0 Å². The van der Waals surface area contributed by atoms with E-state index in [4.69, 9.17) is 15.2 Å². The van der Waals surface area contributed by atoms with Crippen LogP contribution in [0.1, 0.15) is 42.3 Å². The van der Waals surface area contributed by atoms with E-state index in [9.17, 15) is 19.8 Å². The Bertz CT molecular complexity index is 531. The van der Waals surface area contributed by atoms with Crippen molar-refractivity contribution in [3.05, 3.63) is 29.3 Å². The lowest BCUT2D eigenvalue weighted by Crippen LogP contribution is -2.24. The van der Waals surface area contributed by atoms with Gasteiger partial charge in [-0.25, -0.2) is 4.79 Å². The molecule has 0 fully saturated rings. The summed E-state index contributed by atoms with van der Waals surface area (Å²) in [6.45, 7) is 3.71. The maximum atomic E-state index is 11.7. The van der Waals surface area contributed by atoms with Gasteiger partial charge in [-0.05, 0) is 32.0 Å². The number of hydrogen-bond donors (Lipinski definition) is 3. The van der Waals surface area contributed by atoms with E-state index in [1.807, 2.05) is 0 Å². The van der Waals surface area contributed by atoms with E-state index in [-0.39, 0.29) is 36.4 Å². The molecule has 1 rings (SSSR count). The number of ether oxygens (including phenoxy) is 2. The monoisotopic (exact) mass is 311 g/mol. The molecule has 122 valence electrons. The van der Waals surface area contributed by atoms with Crippen LogP contribution in [0.2, 0.25) is 0 Å². The molecule has 2 unspecified atom stereocenters. The highest BCUT2D eigenvalue weighted by Gasteiger charge is 2.24. The van der Waals surface area contributed by atoms with Crippen LogP contribution in [0.4, 0.5) is 5.69 Å². The van der Waals surface area contributed by atoms with Gasteiger partial charge in [0.2, 0.25) is 0 Å². The molecule has 0 radical (unpaired) electrons. The van der Waals surface area contributed by atoms with Crippen LogP contribution in [0.3, 0.4) is 0 Å². The van der Waals surface area contributed by atoms with Crippen LogP contribution >= 0.6 is 0 Å². The summed E-state index contributed by atoms with van der Waals surface area (Å²) in [7, 11) is 0. The van der Waals surface area contributed by atoms with Gasteiger partial charge in [0.1, 0.15) is 6.10 Å². The Balaban J connectivity index is 2.91. The topological polar surface area (TPSA) is 119 Å². The SMILES string of the molecule is CCOC(=O)CC(O)C(O)c1cc(C(=O)OCC)ccc1N. The molecule has 0 aliphatic heterocycles. The second-order valence-corrected chi connectivity index (χ2v) is 4.59. The first-order valence-electron chi connectivity index (χ1n) is 6.98. The molecule has 22 heavy (non-hydrogen) atoms. The molecule has 4 N–H and O–H groups in total. The smallest absolute Gasteiger partial charge is 0.338 e. The number of carbonyl (C=O) groups is 2. The summed E-state index contributed by atoms with van der Waals surface area (Å²) < 4.78 is 9.57. The molecule has 0 aliphatic rings. The average molecular weight is 311 g/mol. The van der Waals surface area contributed by atoms with Gasteiger partial charge in [0.15, 0.2) is 0 Å². The Morgan fingerprint density at radius 1 is 1.18 bits per heavy atom. The van der Waals surface area contributed by atoms with Crippen molar-refractivity contribution in [2.45, 2.75) is 32.5 Å². The van der Waals surface area contributed by atoms with Gasteiger partial charge in [-0.15, -0.1) is 0 Å². The van der Waals surface area contributed by atoms with E-state index in [2.05, 4.69) is 0 Å². The Labute approximate surface area is 128 Å². The van der Waals surface area contributed by atoms with Crippen LogP contribution in [0.5, 0.6) is 0 Å². The van der Waals surface area contributed by atoms with Crippen molar-refractivity contribution < 1.29 is 29.3 Å². The summed E-state index contributed by atoms with van der Waals surface area (Å²) in [5.41, 5.74) is 6.31. The highest BCUT2D eigenvalue weighted by atomic mass is 16.5. The van der Waals surface area contributed by atoms with Gasteiger partial charge in [-0.3, -0.25) is 4.79 Å². The van der Waals surface area contributed by atoms with Crippen molar-refractivity contribution >= 4 is 17.6 Å². The second-order valence-electron chi connectivity index (χ2n) is 4.59. The Morgan fingerprint density at radius 3 is 2.41 bits per heavy atom. The number of esters is 2. The summed E-state index contributed by atoms with van der Waals surface area (Å²) in [6.07, 6.45) is -3.18. The molecule has 0 saturated heterocycles. The lowest BCUT2D eigenvalue weighted by atomic mass is 9.98. The third-order valence-corrected chi connectivity index (χ3v) is 2.96. The molecule has 0 bridgehead atoms. The van der Waals surface area contributed by atoms with E-state index >= 15 is 0 Å². The number of anilines is 1. The summed E-state index contributed by atoms with van der Waals surface area (Å²) in [5, 5.41) is 20.0. The van der Waals surface area contributed by atoms with E-state index < -0.39 is 24.1 Å². The minimum absolute atomic E-state index is 0.155. The van der Waals surface area contributed by atoms with Crippen LogP contribution in [-0.4, -0.2) is 41.5 Å². The van der Waals surface area contributed by atoms with E-state index in [1.54, 1.807) is 13.8 Å². The number of nitrogens with two attached hydrogens (primary N) is 1. The Hall–Kier alpha value is -2.12. The second kappa shape index (κ2) is 8.35. The zero-order valence-corrected chi connectivity index (χ0v) is 12.6. The minimum Gasteiger partial charge on any atom is -0.466 e. The first-order chi connectivity index (χ1) is 10.4. The molecule has 0 aromatic heterocycles. The molecular weight excluding hydrogens is 290 g/mol. The van der Waals surface area contributed by atoms with Crippen molar-refractivity contribution in [3.8, 4) is 0 Å². The number of aliphatic hydroxyl groups excluding tert-OH is 2. The van der Waals surface area contributed by atoms with Crippen molar-refractivity contribution in [2.24, 2.45) is 0 Å². The third kappa shape index (κ3) is 4.71. The van der Waals surface area contributed by atoms with Gasteiger partial charge in [-0.1, -0.05) is 0 Å². The largest absolute Gasteiger partial charge is 0.466 e. The molecule has 1 aromatic rings. The lowest BCUT2D eigenvalue weighted by molar-refractivity contribution is -0.147. The van der Waals surface area contributed by atoms with Crippen LogP contribution in [0, 0.1) is 0 Å². The Morgan fingerprint density at radius 2 is 1.82 bits per heavy atom. The van der Waals surface area contributed by atoms with Crippen molar-refractivity contribution in [1.29, 1.82) is 0 Å². The zero-order valence-electron chi connectivity index (χ0n) is 12.6. The van der Waals surface area contributed by atoms with Crippen molar-refractivity contribution in [1.82, 2.24) is 0 Å². The number of aliphatic hydroxyl groups is 2. The van der Waals surface area contributed by atoms with Crippen molar-refractivity contribution in [3.63, 3.8) is 0 Å². The fraction of sp³-hybridized carbons (Fsp3) is 0.467. The highest BCUT2D eigenvalue weighted by Crippen LogP contribution is 2.26. The maximum absolute atomic E-state index is 11.7. The fourth-order valence-electron chi connectivity index (χ4n) is 1.88. The third-order valence-electron chi connectivity index (χ3n) is 2.96.